The number of hydrogen-bond acceptors (Lipinski definition) is 6. The first kappa shape index (κ1) is 23.2. The Hall–Kier alpha value is -4.58. The van der Waals surface area contributed by atoms with Crippen molar-refractivity contribution < 1.29 is 37.3 Å². The lowest BCUT2D eigenvalue weighted by atomic mass is 9.93. The number of nitrogens with one attached hydrogen (secondary N) is 2. The average molecular weight is 498 g/mol. The van der Waals surface area contributed by atoms with Gasteiger partial charge >= 0.3 is 12.5 Å². The maximum absolute atomic E-state index is 13.5. The molecule has 3 aromatic carbocycles. The lowest BCUT2D eigenvalue weighted by molar-refractivity contribution is -0.274. The van der Waals surface area contributed by atoms with Crippen LogP contribution >= 0.6 is 0 Å². The van der Waals surface area contributed by atoms with Crippen LogP contribution < -0.4 is 15.0 Å². The normalized spacial score (nSPS) is 17.2. The quantitative estimate of drug-likeness (QED) is 0.382. The largest absolute Gasteiger partial charge is 0.573 e. The van der Waals surface area contributed by atoms with E-state index in [0.717, 1.165) is 11.0 Å². The van der Waals surface area contributed by atoms with Gasteiger partial charge < -0.3 is 19.6 Å². The molecule has 5 rings (SSSR count). The highest BCUT2D eigenvalue weighted by Crippen LogP contribution is 2.48. The van der Waals surface area contributed by atoms with Crippen LogP contribution in [-0.2, 0) is 10.5 Å². The first-order valence-electron chi connectivity index (χ1n) is 10.5. The van der Waals surface area contributed by atoms with E-state index in [1.54, 1.807) is 12.1 Å². The number of imidazole rings is 1. The minimum Gasteiger partial charge on any atom is -0.453 e. The third-order valence-corrected chi connectivity index (χ3v) is 5.68. The Labute approximate surface area is 201 Å². The SMILES string of the molecule is COC(=O)Nc1nc2ccc(C3(O)c4ccccc4C(=O)N3c3ccccc3OC(F)(F)F)cc2[nH]1. The van der Waals surface area contributed by atoms with Crippen LogP contribution in [0.15, 0.2) is 66.7 Å². The highest BCUT2D eigenvalue weighted by atomic mass is 19.4. The Kier molecular flexibility index (Phi) is 5.32. The number of ether oxygens (including phenoxy) is 2. The highest BCUT2D eigenvalue weighted by Gasteiger charge is 2.52. The van der Waals surface area contributed by atoms with Crippen molar-refractivity contribution in [2.24, 2.45) is 0 Å². The monoisotopic (exact) mass is 498 g/mol. The number of aliphatic hydroxyl groups is 1. The van der Waals surface area contributed by atoms with E-state index < -0.39 is 29.8 Å². The molecule has 0 spiro atoms. The van der Waals surface area contributed by atoms with E-state index in [9.17, 15) is 27.9 Å². The summed E-state index contributed by atoms with van der Waals surface area (Å²) in [7, 11) is 1.19. The molecule has 2 amide bonds. The number of amides is 2. The Balaban J connectivity index is 1.68. The third-order valence-electron chi connectivity index (χ3n) is 5.68. The molecule has 36 heavy (non-hydrogen) atoms. The number of aromatic amines is 1. The van der Waals surface area contributed by atoms with Gasteiger partial charge in [-0.3, -0.25) is 15.0 Å². The molecule has 12 heteroatoms. The summed E-state index contributed by atoms with van der Waals surface area (Å²) in [6.07, 6.45) is -5.78. The van der Waals surface area contributed by atoms with Crippen LogP contribution in [0.5, 0.6) is 5.75 Å². The molecular formula is C24H17F3N4O5. The summed E-state index contributed by atoms with van der Waals surface area (Å²) in [4.78, 5) is 32.9. The minimum absolute atomic E-state index is 0.0738. The number of carbonyl (C=O) groups excluding carboxylic acids is 2. The molecule has 1 aliphatic heterocycles. The van der Waals surface area contributed by atoms with Crippen LogP contribution in [-0.4, -0.2) is 40.5 Å². The van der Waals surface area contributed by atoms with E-state index >= 15 is 0 Å². The molecule has 3 N–H and O–H groups in total. The summed E-state index contributed by atoms with van der Waals surface area (Å²) >= 11 is 0. The highest BCUT2D eigenvalue weighted by molar-refractivity contribution is 6.13. The number of H-pyrrole nitrogens is 1. The molecule has 9 nitrogen and oxygen atoms in total. The van der Waals surface area contributed by atoms with Crippen LogP contribution in [0.1, 0.15) is 21.5 Å². The van der Waals surface area contributed by atoms with Crippen LogP contribution in [0.4, 0.5) is 29.6 Å². The fourth-order valence-electron chi connectivity index (χ4n) is 4.22. The number of rotatable bonds is 4. The van der Waals surface area contributed by atoms with Gasteiger partial charge in [0.15, 0.2) is 11.5 Å². The lowest BCUT2D eigenvalue weighted by Gasteiger charge is -2.35. The maximum Gasteiger partial charge on any atom is 0.573 e. The van der Waals surface area contributed by atoms with Gasteiger partial charge in [0.2, 0.25) is 5.95 Å². The number of aromatic nitrogens is 2. The predicted octanol–water partition coefficient (Wildman–Crippen LogP) is 4.49. The summed E-state index contributed by atoms with van der Waals surface area (Å²) in [5.41, 5.74) is -1.25. The Bertz CT molecular complexity index is 1500. The van der Waals surface area contributed by atoms with Crippen molar-refractivity contribution in [2.45, 2.75) is 12.1 Å². The second-order valence-corrected chi connectivity index (χ2v) is 7.81. The Morgan fingerprint density at radius 1 is 1.11 bits per heavy atom. The number of alkyl halides is 3. The van der Waals surface area contributed by atoms with Gasteiger partial charge in [-0.15, -0.1) is 13.2 Å². The maximum atomic E-state index is 13.5. The van der Waals surface area contributed by atoms with Gasteiger partial charge in [-0.25, -0.2) is 9.78 Å². The molecular weight excluding hydrogens is 481 g/mol. The van der Waals surface area contributed by atoms with Crippen LogP contribution in [0.25, 0.3) is 11.0 Å². The Morgan fingerprint density at radius 3 is 2.58 bits per heavy atom. The number of anilines is 2. The molecule has 1 aromatic heterocycles. The van der Waals surface area contributed by atoms with E-state index in [4.69, 9.17) is 0 Å². The number of fused-ring (bicyclic) bond motifs is 2. The zero-order valence-electron chi connectivity index (χ0n) is 18.5. The smallest absolute Gasteiger partial charge is 0.453 e. The van der Waals surface area contributed by atoms with Gasteiger partial charge in [0.05, 0.1) is 23.8 Å². The lowest BCUT2D eigenvalue weighted by Crippen LogP contribution is -2.45. The van der Waals surface area contributed by atoms with Gasteiger partial charge in [-0.2, -0.15) is 0 Å². The van der Waals surface area contributed by atoms with Crippen molar-refractivity contribution in [3.8, 4) is 5.75 Å². The molecule has 4 aromatic rings. The minimum atomic E-state index is -5.03. The van der Waals surface area contributed by atoms with Gasteiger partial charge in [0.1, 0.15) is 0 Å². The molecule has 0 bridgehead atoms. The van der Waals surface area contributed by atoms with Gasteiger partial charge in [-0.1, -0.05) is 36.4 Å². The molecule has 1 aliphatic rings. The number of benzene rings is 3. The van der Waals surface area contributed by atoms with Crippen LogP contribution in [0, 0.1) is 0 Å². The molecule has 1 unspecified atom stereocenters. The summed E-state index contributed by atoms with van der Waals surface area (Å²) in [5, 5.41) is 14.5. The fourth-order valence-corrected chi connectivity index (χ4v) is 4.22. The van der Waals surface area contributed by atoms with Crippen molar-refractivity contribution in [1.29, 1.82) is 0 Å². The molecule has 0 saturated carbocycles. The second kappa shape index (κ2) is 8.27. The molecule has 0 radical (unpaired) electrons. The van der Waals surface area contributed by atoms with Gasteiger partial charge in [0.25, 0.3) is 5.91 Å². The fraction of sp³-hybridized carbons (Fsp3) is 0.125. The van der Waals surface area contributed by atoms with Gasteiger partial charge in [0, 0.05) is 16.7 Å². The van der Waals surface area contributed by atoms with E-state index in [1.807, 2.05) is 0 Å². The zero-order chi connectivity index (χ0) is 25.7. The van der Waals surface area contributed by atoms with E-state index in [1.165, 1.54) is 55.6 Å². The van der Waals surface area contributed by atoms with E-state index in [0.29, 0.717) is 11.0 Å². The number of carbonyl (C=O) groups is 2. The van der Waals surface area contributed by atoms with E-state index in [-0.39, 0.29) is 28.3 Å². The number of methoxy groups -OCH3 is 1. The topological polar surface area (TPSA) is 117 Å². The summed E-state index contributed by atoms with van der Waals surface area (Å²) in [6, 6.07) is 15.7. The van der Waals surface area contributed by atoms with Crippen molar-refractivity contribution in [1.82, 2.24) is 9.97 Å². The van der Waals surface area contributed by atoms with Crippen molar-refractivity contribution >= 4 is 34.7 Å². The summed E-state index contributed by atoms with van der Waals surface area (Å²) in [6.45, 7) is 0. The van der Waals surface area contributed by atoms with Gasteiger partial charge in [-0.05, 0) is 30.3 Å². The number of hydrogen-bond donors (Lipinski definition) is 3. The predicted molar refractivity (Wildman–Crippen MR) is 121 cm³/mol. The first-order valence-corrected chi connectivity index (χ1v) is 10.5. The molecule has 0 fully saturated rings. The Morgan fingerprint density at radius 2 is 1.83 bits per heavy atom. The van der Waals surface area contributed by atoms with Crippen LogP contribution in [0.3, 0.4) is 0 Å². The molecule has 184 valence electrons. The molecule has 0 aliphatic carbocycles. The average Bonchev–Trinajstić information content (AvgIpc) is 3.34. The molecule has 0 saturated heterocycles. The molecule has 2 heterocycles. The number of halogens is 3. The van der Waals surface area contributed by atoms with Crippen LogP contribution in [0.2, 0.25) is 0 Å². The zero-order valence-corrected chi connectivity index (χ0v) is 18.5. The van der Waals surface area contributed by atoms with Crippen molar-refractivity contribution in [3.05, 3.63) is 83.4 Å². The van der Waals surface area contributed by atoms with Crippen molar-refractivity contribution in [2.75, 3.05) is 17.3 Å². The second-order valence-electron chi connectivity index (χ2n) is 7.81. The number of nitrogens with zero attached hydrogens (tertiary/aromatic N) is 2. The van der Waals surface area contributed by atoms with E-state index in [2.05, 4.69) is 24.8 Å². The first-order chi connectivity index (χ1) is 17.1. The van der Waals surface area contributed by atoms with Crippen molar-refractivity contribution in [3.63, 3.8) is 0 Å². The summed E-state index contributed by atoms with van der Waals surface area (Å²) < 4.78 is 48.1. The number of para-hydroxylation sites is 2. The molecule has 1 atom stereocenters. The standard InChI is InChI=1S/C24H17F3N4O5/c1-35-22(33)30-21-28-16-11-10-13(12-17(16)29-21)23(34)15-7-3-2-6-14(15)20(32)31(23)18-8-4-5-9-19(18)36-24(25,26)27/h2-12,34H,1H3,(H2,28,29,30,33). The third kappa shape index (κ3) is 3.77. The summed E-state index contributed by atoms with van der Waals surface area (Å²) in [5.74, 6) is -1.30.